The topological polar surface area (TPSA) is 68.5 Å². The molecule has 0 saturated carbocycles. The van der Waals surface area contributed by atoms with Gasteiger partial charge < -0.3 is 14.2 Å². The van der Waals surface area contributed by atoms with Crippen LogP contribution in [0.3, 0.4) is 0 Å². The van der Waals surface area contributed by atoms with Gasteiger partial charge in [-0.1, -0.05) is 23.4 Å². The Morgan fingerprint density at radius 3 is 3.04 bits per heavy atom. The number of carbonyl (C=O) groups excluding carboxylic acids is 1. The van der Waals surface area contributed by atoms with Crippen molar-refractivity contribution >= 4 is 5.91 Å². The molecular weight excluding hydrogens is 306 g/mol. The molecule has 0 aliphatic carbocycles. The minimum absolute atomic E-state index is 0.0509. The van der Waals surface area contributed by atoms with E-state index in [1.807, 2.05) is 23.1 Å². The third kappa shape index (κ3) is 2.77. The average Bonchev–Trinajstić information content (AvgIpc) is 3.24. The van der Waals surface area contributed by atoms with Crippen molar-refractivity contribution in [3.05, 3.63) is 41.5 Å². The van der Waals surface area contributed by atoms with E-state index in [1.54, 1.807) is 6.92 Å². The number of rotatable bonds is 3. The molecule has 6 heteroatoms. The fourth-order valence-electron chi connectivity index (χ4n) is 3.74. The summed E-state index contributed by atoms with van der Waals surface area (Å²) in [6.07, 6.45) is 3.26. The highest BCUT2D eigenvalue weighted by molar-refractivity contribution is 5.78. The van der Waals surface area contributed by atoms with Crippen LogP contribution in [-0.4, -0.2) is 34.1 Å². The maximum Gasteiger partial charge on any atom is 0.223 e. The monoisotopic (exact) mass is 327 g/mol. The van der Waals surface area contributed by atoms with Crippen LogP contribution in [0.25, 0.3) is 0 Å². The Hall–Kier alpha value is -2.37. The largest absolute Gasteiger partial charge is 0.493 e. The van der Waals surface area contributed by atoms with Crippen molar-refractivity contribution in [2.75, 3.05) is 13.2 Å². The summed E-state index contributed by atoms with van der Waals surface area (Å²) in [6, 6.07) is 7.97. The number of nitrogens with zero attached hydrogens (tertiary/aromatic N) is 3. The van der Waals surface area contributed by atoms with Crippen LogP contribution in [0.4, 0.5) is 0 Å². The fourth-order valence-corrected chi connectivity index (χ4v) is 3.74. The molecule has 2 atom stereocenters. The Bertz CT molecular complexity index is 743. The first-order valence-corrected chi connectivity index (χ1v) is 8.54. The van der Waals surface area contributed by atoms with Gasteiger partial charge in [0, 0.05) is 19.9 Å². The predicted octanol–water partition coefficient (Wildman–Crippen LogP) is 3.00. The maximum atomic E-state index is 12.9. The van der Waals surface area contributed by atoms with Crippen LogP contribution in [0.1, 0.15) is 54.9 Å². The summed E-state index contributed by atoms with van der Waals surface area (Å²) in [6.45, 7) is 3.21. The number of fused-ring (bicyclic) bond motifs is 1. The molecule has 1 aromatic carbocycles. The minimum Gasteiger partial charge on any atom is -0.493 e. The van der Waals surface area contributed by atoms with E-state index in [4.69, 9.17) is 9.26 Å². The summed E-state index contributed by atoms with van der Waals surface area (Å²) >= 11 is 0. The standard InChI is InChI=1S/C18H21N3O3/c1-12-19-18(20-24-12)15-6-4-9-21(15)17(22)11-13-8-10-23-16-7-3-2-5-14(13)16/h2-3,5,7,13,15H,4,6,8-11H2,1H3/t13-,15-/m1/s1. The zero-order chi connectivity index (χ0) is 16.5. The van der Waals surface area contributed by atoms with E-state index >= 15 is 0 Å². The first-order valence-electron chi connectivity index (χ1n) is 8.54. The van der Waals surface area contributed by atoms with Gasteiger partial charge >= 0.3 is 0 Å². The predicted molar refractivity (Wildman–Crippen MR) is 86.6 cm³/mol. The van der Waals surface area contributed by atoms with E-state index in [9.17, 15) is 4.79 Å². The zero-order valence-electron chi connectivity index (χ0n) is 13.8. The van der Waals surface area contributed by atoms with Crippen molar-refractivity contribution in [1.29, 1.82) is 0 Å². The van der Waals surface area contributed by atoms with E-state index in [1.165, 1.54) is 0 Å². The molecule has 0 spiro atoms. The molecule has 0 unspecified atom stereocenters. The van der Waals surface area contributed by atoms with Crippen molar-refractivity contribution < 1.29 is 14.1 Å². The van der Waals surface area contributed by atoms with Gasteiger partial charge in [0.15, 0.2) is 5.82 Å². The van der Waals surface area contributed by atoms with E-state index < -0.39 is 0 Å². The zero-order valence-corrected chi connectivity index (χ0v) is 13.8. The minimum atomic E-state index is -0.0509. The quantitative estimate of drug-likeness (QED) is 0.867. The first kappa shape index (κ1) is 15.2. The molecule has 2 aliphatic heterocycles. The highest BCUT2D eigenvalue weighted by atomic mass is 16.5. The van der Waals surface area contributed by atoms with Crippen LogP contribution in [0.2, 0.25) is 0 Å². The molecule has 0 radical (unpaired) electrons. The molecule has 1 saturated heterocycles. The molecule has 1 aromatic heterocycles. The van der Waals surface area contributed by atoms with E-state index in [2.05, 4.69) is 16.2 Å². The number of amides is 1. The molecule has 0 bridgehead atoms. The summed E-state index contributed by atoms with van der Waals surface area (Å²) in [7, 11) is 0. The molecule has 2 aliphatic rings. The molecule has 3 heterocycles. The van der Waals surface area contributed by atoms with Gasteiger partial charge in [-0.25, -0.2) is 0 Å². The number of hydrogen-bond acceptors (Lipinski definition) is 5. The molecule has 24 heavy (non-hydrogen) atoms. The fraction of sp³-hybridized carbons (Fsp3) is 0.500. The average molecular weight is 327 g/mol. The van der Waals surface area contributed by atoms with E-state index in [0.29, 0.717) is 24.7 Å². The van der Waals surface area contributed by atoms with Gasteiger partial charge in [0.2, 0.25) is 11.8 Å². The van der Waals surface area contributed by atoms with Crippen LogP contribution >= 0.6 is 0 Å². The van der Waals surface area contributed by atoms with Crippen LogP contribution in [0.5, 0.6) is 5.75 Å². The number of likely N-dealkylation sites (tertiary alicyclic amines) is 1. The lowest BCUT2D eigenvalue weighted by molar-refractivity contribution is -0.132. The molecule has 6 nitrogen and oxygen atoms in total. The highest BCUT2D eigenvalue weighted by Gasteiger charge is 2.35. The third-order valence-electron chi connectivity index (χ3n) is 4.92. The summed E-state index contributed by atoms with van der Waals surface area (Å²) in [5.41, 5.74) is 1.14. The Morgan fingerprint density at radius 2 is 2.21 bits per heavy atom. The summed E-state index contributed by atoms with van der Waals surface area (Å²) in [4.78, 5) is 19.1. The number of para-hydroxylation sites is 1. The molecule has 0 N–H and O–H groups in total. The van der Waals surface area contributed by atoms with Gasteiger partial charge in [-0.05, 0) is 36.8 Å². The van der Waals surface area contributed by atoms with E-state index in [-0.39, 0.29) is 17.9 Å². The van der Waals surface area contributed by atoms with Gasteiger partial charge in [-0.15, -0.1) is 0 Å². The van der Waals surface area contributed by atoms with Crippen LogP contribution in [-0.2, 0) is 4.79 Å². The maximum absolute atomic E-state index is 12.9. The van der Waals surface area contributed by atoms with Crippen molar-refractivity contribution in [3.8, 4) is 5.75 Å². The number of aryl methyl sites for hydroxylation is 1. The van der Waals surface area contributed by atoms with Crippen LogP contribution < -0.4 is 4.74 Å². The summed E-state index contributed by atoms with van der Waals surface area (Å²) in [5, 5.41) is 4.01. The smallest absolute Gasteiger partial charge is 0.223 e. The molecular formula is C18H21N3O3. The Kier molecular flexibility index (Phi) is 3.96. The Labute approximate surface area is 140 Å². The number of hydrogen-bond donors (Lipinski definition) is 0. The van der Waals surface area contributed by atoms with Gasteiger partial charge in [-0.2, -0.15) is 4.98 Å². The lowest BCUT2D eigenvalue weighted by Gasteiger charge is -2.28. The Balaban J connectivity index is 1.50. The normalized spacial score (nSPS) is 23.0. The van der Waals surface area contributed by atoms with Crippen molar-refractivity contribution in [2.45, 2.75) is 44.6 Å². The van der Waals surface area contributed by atoms with Crippen LogP contribution in [0.15, 0.2) is 28.8 Å². The first-order chi connectivity index (χ1) is 11.7. The van der Waals surface area contributed by atoms with Gasteiger partial charge in [-0.3, -0.25) is 4.79 Å². The number of carbonyl (C=O) groups is 1. The van der Waals surface area contributed by atoms with Gasteiger partial charge in [0.25, 0.3) is 0 Å². The molecule has 1 fully saturated rings. The second-order valence-electron chi connectivity index (χ2n) is 6.49. The number of ether oxygens (including phenoxy) is 1. The molecule has 1 amide bonds. The third-order valence-corrected chi connectivity index (χ3v) is 4.92. The summed E-state index contributed by atoms with van der Waals surface area (Å²) in [5.74, 6) is 2.47. The van der Waals surface area contributed by atoms with Crippen molar-refractivity contribution in [1.82, 2.24) is 15.0 Å². The lowest BCUT2D eigenvalue weighted by Crippen LogP contribution is -2.32. The van der Waals surface area contributed by atoms with Gasteiger partial charge in [0.1, 0.15) is 5.75 Å². The lowest BCUT2D eigenvalue weighted by atomic mass is 9.90. The molecule has 4 rings (SSSR count). The van der Waals surface area contributed by atoms with Crippen LogP contribution in [0, 0.1) is 6.92 Å². The van der Waals surface area contributed by atoms with E-state index in [0.717, 1.165) is 37.1 Å². The molecule has 126 valence electrons. The van der Waals surface area contributed by atoms with Crippen molar-refractivity contribution in [3.63, 3.8) is 0 Å². The number of benzene rings is 1. The van der Waals surface area contributed by atoms with Crippen molar-refractivity contribution in [2.24, 2.45) is 0 Å². The molecule has 2 aromatic rings. The second-order valence-corrected chi connectivity index (χ2v) is 6.49. The Morgan fingerprint density at radius 1 is 1.33 bits per heavy atom. The second kappa shape index (κ2) is 6.26. The number of aromatic nitrogens is 2. The van der Waals surface area contributed by atoms with Gasteiger partial charge in [0.05, 0.1) is 12.6 Å². The SMILES string of the molecule is Cc1nc([C@H]2CCCN2C(=O)C[C@H]2CCOc3ccccc32)no1. The highest BCUT2D eigenvalue weighted by Crippen LogP contribution is 2.38. The summed E-state index contributed by atoms with van der Waals surface area (Å²) < 4.78 is 10.8.